The second kappa shape index (κ2) is 4.91. The van der Waals surface area contributed by atoms with Gasteiger partial charge in [0.15, 0.2) is 0 Å². The van der Waals surface area contributed by atoms with Crippen molar-refractivity contribution in [3.8, 4) is 17.1 Å². The van der Waals surface area contributed by atoms with E-state index in [1.807, 2.05) is 30.6 Å². The Balaban J connectivity index is 2.39. The molecule has 0 aliphatic carbocycles. The summed E-state index contributed by atoms with van der Waals surface area (Å²) in [4.78, 5) is 4.37. The average Bonchev–Trinajstić information content (AvgIpc) is 2.78. The van der Waals surface area contributed by atoms with Crippen LogP contribution in [0.15, 0.2) is 30.6 Å². The number of benzene rings is 1. The number of hydrogen-bond acceptors (Lipinski definition) is 3. The summed E-state index contributed by atoms with van der Waals surface area (Å²) in [5, 5.41) is 0. The fourth-order valence-electron chi connectivity index (χ4n) is 1.86. The summed E-state index contributed by atoms with van der Waals surface area (Å²) in [6.45, 7) is 3.10. The molecule has 4 nitrogen and oxygen atoms in total. The quantitative estimate of drug-likeness (QED) is 0.823. The summed E-state index contributed by atoms with van der Waals surface area (Å²) in [6, 6.07) is 5.74. The van der Waals surface area contributed by atoms with Crippen LogP contribution in [0.3, 0.4) is 0 Å². The molecule has 0 spiro atoms. The lowest BCUT2D eigenvalue weighted by Gasteiger charge is -2.09. The molecule has 0 saturated carbocycles. The van der Waals surface area contributed by atoms with Crippen molar-refractivity contribution in [3.05, 3.63) is 30.6 Å². The first-order valence-electron chi connectivity index (χ1n) is 5.71. The van der Waals surface area contributed by atoms with Crippen LogP contribution in [0, 0.1) is 0 Å². The first-order chi connectivity index (χ1) is 8.26. The van der Waals surface area contributed by atoms with Crippen LogP contribution in [0.1, 0.15) is 13.3 Å². The summed E-state index contributed by atoms with van der Waals surface area (Å²) >= 11 is 0. The van der Waals surface area contributed by atoms with Gasteiger partial charge in [0.25, 0.3) is 0 Å². The average molecular weight is 231 g/mol. The molecule has 1 aromatic heterocycles. The molecule has 2 N–H and O–H groups in total. The van der Waals surface area contributed by atoms with Gasteiger partial charge in [0.1, 0.15) is 11.6 Å². The van der Waals surface area contributed by atoms with E-state index in [-0.39, 0.29) is 0 Å². The molecule has 17 heavy (non-hydrogen) atoms. The third-order valence-electron chi connectivity index (χ3n) is 2.67. The number of ether oxygens (including phenoxy) is 1. The van der Waals surface area contributed by atoms with Gasteiger partial charge >= 0.3 is 0 Å². The van der Waals surface area contributed by atoms with Crippen molar-refractivity contribution in [1.29, 1.82) is 0 Å². The normalized spacial score (nSPS) is 10.5. The first kappa shape index (κ1) is 11.5. The number of imidazole rings is 1. The van der Waals surface area contributed by atoms with Gasteiger partial charge in [0, 0.05) is 24.5 Å². The van der Waals surface area contributed by atoms with E-state index in [0.717, 1.165) is 24.4 Å². The van der Waals surface area contributed by atoms with Gasteiger partial charge in [0.2, 0.25) is 0 Å². The third kappa shape index (κ3) is 2.25. The SMILES string of the molecule is CCCn1ccnc1-c1ccc(OC)c(N)c1. The smallest absolute Gasteiger partial charge is 0.141 e. The summed E-state index contributed by atoms with van der Waals surface area (Å²) in [5.41, 5.74) is 7.55. The van der Waals surface area contributed by atoms with Crippen molar-refractivity contribution in [3.63, 3.8) is 0 Å². The van der Waals surface area contributed by atoms with Crippen LogP contribution < -0.4 is 10.5 Å². The van der Waals surface area contributed by atoms with Gasteiger partial charge in [-0.05, 0) is 24.6 Å². The zero-order valence-electron chi connectivity index (χ0n) is 10.2. The van der Waals surface area contributed by atoms with Crippen molar-refractivity contribution >= 4 is 5.69 Å². The van der Waals surface area contributed by atoms with Gasteiger partial charge in [0.05, 0.1) is 12.8 Å². The topological polar surface area (TPSA) is 53.1 Å². The van der Waals surface area contributed by atoms with Crippen molar-refractivity contribution in [2.45, 2.75) is 19.9 Å². The summed E-state index contributed by atoms with van der Waals surface area (Å²) in [6.07, 6.45) is 4.87. The van der Waals surface area contributed by atoms with Gasteiger partial charge < -0.3 is 15.0 Å². The monoisotopic (exact) mass is 231 g/mol. The molecule has 0 radical (unpaired) electrons. The lowest BCUT2D eigenvalue weighted by molar-refractivity contribution is 0.417. The predicted octanol–water partition coefficient (Wildman–Crippen LogP) is 2.55. The van der Waals surface area contributed by atoms with Crippen LogP contribution >= 0.6 is 0 Å². The molecular weight excluding hydrogens is 214 g/mol. The number of anilines is 1. The molecule has 1 heterocycles. The minimum Gasteiger partial charge on any atom is -0.495 e. The third-order valence-corrected chi connectivity index (χ3v) is 2.67. The van der Waals surface area contributed by atoms with E-state index < -0.39 is 0 Å². The van der Waals surface area contributed by atoms with E-state index >= 15 is 0 Å². The minimum atomic E-state index is 0.635. The maximum atomic E-state index is 5.90. The summed E-state index contributed by atoms with van der Waals surface area (Å²) < 4.78 is 7.27. The highest BCUT2D eigenvalue weighted by atomic mass is 16.5. The minimum absolute atomic E-state index is 0.635. The van der Waals surface area contributed by atoms with Crippen molar-refractivity contribution in [1.82, 2.24) is 9.55 Å². The Morgan fingerprint density at radius 3 is 2.88 bits per heavy atom. The number of aryl methyl sites for hydroxylation is 1. The van der Waals surface area contributed by atoms with Gasteiger partial charge in [-0.3, -0.25) is 0 Å². The predicted molar refractivity (Wildman–Crippen MR) is 68.9 cm³/mol. The van der Waals surface area contributed by atoms with Gasteiger partial charge in [-0.1, -0.05) is 6.92 Å². The van der Waals surface area contributed by atoms with Crippen molar-refractivity contribution < 1.29 is 4.74 Å². The molecule has 1 aromatic carbocycles. The Kier molecular flexibility index (Phi) is 3.32. The number of methoxy groups -OCH3 is 1. The Labute approximate surface area is 101 Å². The molecule has 0 saturated heterocycles. The molecule has 2 aromatic rings. The summed E-state index contributed by atoms with van der Waals surface area (Å²) in [5.74, 6) is 1.64. The van der Waals surface area contributed by atoms with E-state index in [1.54, 1.807) is 7.11 Å². The molecule has 0 atom stereocenters. The number of nitrogens with zero attached hydrogens (tertiary/aromatic N) is 2. The van der Waals surface area contributed by atoms with Crippen LogP contribution in [0.2, 0.25) is 0 Å². The molecule has 0 aliphatic heterocycles. The maximum Gasteiger partial charge on any atom is 0.141 e. The highest BCUT2D eigenvalue weighted by Crippen LogP contribution is 2.27. The van der Waals surface area contributed by atoms with Gasteiger partial charge in [-0.2, -0.15) is 0 Å². The number of aromatic nitrogens is 2. The van der Waals surface area contributed by atoms with E-state index in [1.165, 1.54) is 0 Å². The van der Waals surface area contributed by atoms with Crippen LogP contribution in [-0.2, 0) is 6.54 Å². The van der Waals surface area contributed by atoms with E-state index in [2.05, 4.69) is 16.5 Å². The molecule has 4 heteroatoms. The summed E-state index contributed by atoms with van der Waals surface area (Å²) in [7, 11) is 1.61. The van der Waals surface area contributed by atoms with E-state index in [0.29, 0.717) is 11.4 Å². The standard InChI is InChI=1S/C13H17N3O/c1-3-7-16-8-6-15-13(16)10-4-5-12(17-2)11(14)9-10/h4-6,8-9H,3,7,14H2,1-2H3. The van der Waals surface area contributed by atoms with E-state index in [4.69, 9.17) is 10.5 Å². The van der Waals surface area contributed by atoms with Crippen LogP contribution in [0.5, 0.6) is 5.75 Å². The number of hydrogen-bond donors (Lipinski definition) is 1. The second-order valence-electron chi connectivity index (χ2n) is 3.90. The lowest BCUT2D eigenvalue weighted by atomic mass is 10.1. The largest absolute Gasteiger partial charge is 0.495 e. The van der Waals surface area contributed by atoms with E-state index in [9.17, 15) is 0 Å². The Morgan fingerprint density at radius 1 is 1.41 bits per heavy atom. The fourth-order valence-corrected chi connectivity index (χ4v) is 1.86. The Morgan fingerprint density at radius 2 is 2.24 bits per heavy atom. The molecule has 0 aliphatic rings. The van der Waals surface area contributed by atoms with Crippen LogP contribution in [0.4, 0.5) is 5.69 Å². The Hall–Kier alpha value is -1.97. The molecule has 0 fully saturated rings. The Bertz CT molecular complexity index is 505. The molecule has 0 unspecified atom stereocenters. The lowest BCUT2D eigenvalue weighted by Crippen LogP contribution is -1.99. The van der Waals surface area contributed by atoms with Gasteiger partial charge in [-0.25, -0.2) is 4.98 Å². The second-order valence-corrected chi connectivity index (χ2v) is 3.90. The zero-order chi connectivity index (χ0) is 12.3. The molecule has 90 valence electrons. The maximum absolute atomic E-state index is 5.90. The number of rotatable bonds is 4. The molecule has 0 amide bonds. The highest BCUT2D eigenvalue weighted by molar-refractivity contribution is 5.66. The fraction of sp³-hybridized carbons (Fsp3) is 0.308. The molecular formula is C13H17N3O. The van der Waals surface area contributed by atoms with Crippen LogP contribution in [0.25, 0.3) is 11.4 Å². The van der Waals surface area contributed by atoms with Gasteiger partial charge in [-0.15, -0.1) is 0 Å². The molecule has 0 bridgehead atoms. The highest BCUT2D eigenvalue weighted by Gasteiger charge is 2.07. The number of nitrogen functional groups attached to an aromatic ring is 1. The van der Waals surface area contributed by atoms with Crippen LogP contribution in [-0.4, -0.2) is 16.7 Å². The number of nitrogens with two attached hydrogens (primary N) is 1. The molecule has 2 rings (SSSR count). The zero-order valence-corrected chi connectivity index (χ0v) is 10.2. The van der Waals surface area contributed by atoms with Crippen molar-refractivity contribution in [2.24, 2.45) is 0 Å². The van der Waals surface area contributed by atoms with Crippen molar-refractivity contribution in [2.75, 3.05) is 12.8 Å². The first-order valence-corrected chi connectivity index (χ1v) is 5.71.